The van der Waals surface area contributed by atoms with E-state index >= 15 is 0 Å². The highest BCUT2D eigenvalue weighted by Crippen LogP contribution is 2.41. The number of amidine groups is 1. The van der Waals surface area contributed by atoms with E-state index in [0.29, 0.717) is 42.4 Å². The molecule has 0 saturated carbocycles. The van der Waals surface area contributed by atoms with Gasteiger partial charge in [-0.3, -0.25) is 28.8 Å². The first kappa shape index (κ1) is 61.3. The van der Waals surface area contributed by atoms with Crippen LogP contribution in [0.25, 0.3) is 0 Å². The summed E-state index contributed by atoms with van der Waals surface area (Å²) in [6.07, 6.45) is 10.5. The van der Waals surface area contributed by atoms with Gasteiger partial charge in [0.25, 0.3) is 32.1 Å². The summed E-state index contributed by atoms with van der Waals surface area (Å²) >= 11 is 23.4. The molecule has 5 aromatic rings. The summed E-state index contributed by atoms with van der Waals surface area (Å²) in [7, 11) is -7.55. The highest BCUT2D eigenvalue weighted by molar-refractivity contribution is 7.86. The summed E-state index contributed by atoms with van der Waals surface area (Å²) in [6, 6.07) is 14.6. The number of nitrogens with one attached hydrogen (secondary N) is 3. The van der Waals surface area contributed by atoms with Crippen molar-refractivity contribution in [2.75, 3.05) is 29.3 Å². The standard InChI is InChI=1S/C50H55Cl4N7O14S3/c1-5-6-7-8-9-10-11-12-13-14-15-43(74-32-17-19-42(62)29(2)20-32)49(63)55-31-16-18-36(52)39(23-31)56-48-46(50(64)61(59-48)47-37(53)21-30(51)22-38(47)54)58-57-40-27-41(45(73-4)28-44(40)72-3)60-76(65)75-33-24-34(77(66,67)68)26-35(25-33)78(69,70)71/h16-28,43,46,60,62H,5-15H2,1-4H3,(H,55,63)(H,56,59)(H,66,67,68)(H,69,70,71). The predicted molar refractivity (Wildman–Crippen MR) is 299 cm³/mol. The summed E-state index contributed by atoms with van der Waals surface area (Å²) in [4.78, 5) is 31.2. The normalized spacial score (nSPS) is 15.1. The average molecular weight is 1220 g/mol. The molecule has 0 spiro atoms. The molecule has 5 aromatic carbocycles. The number of halogens is 4. The van der Waals surface area contributed by atoms with Crippen molar-refractivity contribution in [2.24, 2.45) is 15.2 Å². The molecule has 1 fully saturated rings. The molecule has 1 aliphatic heterocycles. The minimum Gasteiger partial charge on any atom is -0.508 e. The van der Waals surface area contributed by atoms with Crippen molar-refractivity contribution >= 4 is 124 Å². The maximum atomic E-state index is 14.4. The zero-order chi connectivity index (χ0) is 56.9. The monoisotopic (exact) mass is 1210 g/mol. The van der Waals surface area contributed by atoms with Crippen molar-refractivity contribution in [1.29, 1.82) is 0 Å². The van der Waals surface area contributed by atoms with Crippen LogP contribution >= 0.6 is 46.4 Å². The van der Waals surface area contributed by atoms with Crippen LogP contribution in [0.3, 0.4) is 0 Å². The summed E-state index contributed by atoms with van der Waals surface area (Å²) in [5.74, 6) is -1.66. The number of phenols is 1. The van der Waals surface area contributed by atoms with E-state index in [-0.39, 0.29) is 71.6 Å². The van der Waals surface area contributed by atoms with Gasteiger partial charge in [0.05, 0.1) is 50.5 Å². The maximum absolute atomic E-state index is 14.4. The zero-order valence-electron chi connectivity index (χ0n) is 42.3. The van der Waals surface area contributed by atoms with E-state index in [1.54, 1.807) is 25.1 Å². The van der Waals surface area contributed by atoms with Gasteiger partial charge >= 0.3 is 11.3 Å². The number of methoxy groups -OCH3 is 2. The van der Waals surface area contributed by atoms with Crippen molar-refractivity contribution < 1.29 is 63.2 Å². The Hall–Kier alpha value is -5.96. The Labute approximate surface area is 473 Å². The predicted octanol–water partition coefficient (Wildman–Crippen LogP) is 12.3. The molecule has 3 atom stereocenters. The number of carbonyl (C=O) groups excluding carboxylic acids is 2. The Morgan fingerprint density at radius 2 is 1.38 bits per heavy atom. The smallest absolute Gasteiger partial charge is 0.316 e. The highest BCUT2D eigenvalue weighted by Gasteiger charge is 2.41. The number of hydrogen-bond acceptors (Lipinski definition) is 15. The van der Waals surface area contributed by atoms with E-state index < -0.39 is 71.0 Å². The van der Waals surface area contributed by atoms with Gasteiger partial charge in [-0.2, -0.15) is 31.3 Å². The summed E-state index contributed by atoms with van der Waals surface area (Å²) in [6.45, 7) is 3.92. The van der Waals surface area contributed by atoms with Crippen LogP contribution in [0.15, 0.2) is 104 Å². The number of carbonyl (C=O) groups is 2. The summed E-state index contributed by atoms with van der Waals surface area (Å²) < 4.78 is 105. The first-order valence-electron chi connectivity index (χ1n) is 24.0. The Morgan fingerprint density at radius 3 is 1.97 bits per heavy atom. The van der Waals surface area contributed by atoms with Gasteiger partial charge in [-0.15, -0.1) is 0 Å². The molecule has 28 heteroatoms. The van der Waals surface area contributed by atoms with Gasteiger partial charge in [-0.25, -0.2) is 10.0 Å². The molecular weight excluding hydrogens is 1160 g/mol. The van der Waals surface area contributed by atoms with Gasteiger partial charge in [0.2, 0.25) is 6.04 Å². The summed E-state index contributed by atoms with van der Waals surface area (Å²) in [5, 5.41) is 22.8. The van der Waals surface area contributed by atoms with Gasteiger partial charge in [-0.1, -0.05) is 111 Å². The molecule has 420 valence electrons. The number of amides is 2. The molecule has 1 heterocycles. The number of azo groups is 1. The van der Waals surface area contributed by atoms with E-state index in [0.717, 1.165) is 30.7 Å². The maximum Gasteiger partial charge on any atom is 0.316 e. The van der Waals surface area contributed by atoms with Crippen LogP contribution in [-0.2, 0) is 41.1 Å². The lowest BCUT2D eigenvalue weighted by Crippen LogP contribution is -2.36. The molecule has 78 heavy (non-hydrogen) atoms. The number of nitrogens with zero attached hydrogens (tertiary/aromatic N) is 4. The van der Waals surface area contributed by atoms with Crippen LogP contribution < -0.4 is 38.9 Å². The topological polar surface area (TPSA) is 294 Å². The van der Waals surface area contributed by atoms with E-state index in [2.05, 4.69) is 37.6 Å². The van der Waals surface area contributed by atoms with E-state index in [9.17, 15) is 44.8 Å². The number of unbranched alkanes of at least 4 members (excludes halogenated alkanes) is 9. The van der Waals surface area contributed by atoms with Gasteiger partial charge in [0, 0.05) is 28.9 Å². The second-order valence-electron chi connectivity index (χ2n) is 17.5. The van der Waals surface area contributed by atoms with Crippen LogP contribution in [0.5, 0.6) is 28.7 Å². The molecule has 6 N–H and O–H groups in total. The molecular formula is C50H55Cl4N7O14S3. The van der Waals surface area contributed by atoms with Crippen LogP contribution in [0, 0.1) is 6.92 Å². The van der Waals surface area contributed by atoms with Gasteiger partial charge < -0.3 is 28.8 Å². The molecule has 1 aliphatic rings. The lowest BCUT2D eigenvalue weighted by Gasteiger charge is -2.20. The van der Waals surface area contributed by atoms with Crippen molar-refractivity contribution in [3.8, 4) is 28.7 Å². The average Bonchev–Trinajstić information content (AvgIpc) is 3.86. The quantitative estimate of drug-likeness (QED) is 0.0162. The molecule has 6 rings (SSSR count). The number of aliphatic imine (C=N–C) groups is 1. The van der Waals surface area contributed by atoms with Crippen LogP contribution in [0.1, 0.15) is 83.1 Å². The SMILES string of the molecule is CCCCCCCCCCCCC(Oc1ccc(O)c(C)c1)C(=O)Nc1ccc(Cl)c(N=C2NN(c3c(Cl)cc(Cl)cc3Cl)C(=O)C2N=Nc2cc(NS(=O)Oc3cc(S(=O)(=O)O)cc(S(=O)(=O)O)c3)c(OC)cc2OC)c1. The van der Waals surface area contributed by atoms with E-state index in [1.165, 1.54) is 88.8 Å². The Balaban J connectivity index is 1.30. The van der Waals surface area contributed by atoms with Crippen molar-refractivity contribution in [3.63, 3.8) is 0 Å². The van der Waals surface area contributed by atoms with Gasteiger partial charge in [0.1, 0.15) is 40.1 Å². The third-order valence-corrected chi connectivity index (χ3v) is 15.3. The summed E-state index contributed by atoms with van der Waals surface area (Å²) in [5.41, 5.74) is 3.50. The van der Waals surface area contributed by atoms with E-state index in [1.807, 2.05) is 0 Å². The molecule has 0 aliphatic carbocycles. The minimum absolute atomic E-state index is 0.00604. The molecule has 21 nitrogen and oxygen atoms in total. The number of aryl methyl sites for hydroxylation is 1. The molecule has 2 amide bonds. The van der Waals surface area contributed by atoms with Crippen LogP contribution in [0.4, 0.5) is 28.4 Å². The van der Waals surface area contributed by atoms with E-state index in [4.69, 9.17) is 64.8 Å². The number of hydrazine groups is 1. The number of phenolic OH excluding ortho intramolecular Hbond substituents is 1. The largest absolute Gasteiger partial charge is 0.508 e. The second-order valence-corrected chi connectivity index (χ2v) is 22.9. The number of rotatable bonds is 27. The second kappa shape index (κ2) is 27.8. The lowest BCUT2D eigenvalue weighted by atomic mass is 10.0. The zero-order valence-corrected chi connectivity index (χ0v) is 47.8. The van der Waals surface area contributed by atoms with Crippen molar-refractivity contribution in [2.45, 2.75) is 106 Å². The Kier molecular flexibility index (Phi) is 21.8. The number of aromatic hydroxyl groups is 1. The fourth-order valence-corrected chi connectivity index (χ4v) is 10.7. The fourth-order valence-electron chi connectivity index (χ4n) is 7.78. The minimum atomic E-state index is -5.04. The highest BCUT2D eigenvalue weighted by atomic mass is 35.5. The van der Waals surface area contributed by atoms with Gasteiger partial charge in [-0.05, 0) is 86.0 Å². The molecule has 0 bridgehead atoms. The molecule has 0 radical (unpaired) electrons. The third kappa shape index (κ3) is 16.8. The molecule has 0 aromatic heterocycles. The van der Waals surface area contributed by atoms with Crippen LogP contribution in [-0.4, -0.2) is 79.3 Å². The van der Waals surface area contributed by atoms with Crippen LogP contribution in [0.2, 0.25) is 20.1 Å². The third-order valence-electron chi connectivity index (χ3n) is 11.8. The van der Waals surface area contributed by atoms with Crippen molar-refractivity contribution in [1.82, 2.24) is 5.43 Å². The van der Waals surface area contributed by atoms with Crippen molar-refractivity contribution in [3.05, 3.63) is 105 Å². The molecule has 3 unspecified atom stereocenters. The number of benzene rings is 5. The first-order valence-corrected chi connectivity index (χ1v) is 29.5. The molecule has 1 saturated heterocycles. The number of ether oxygens (including phenoxy) is 3. The number of hydrogen-bond donors (Lipinski definition) is 6. The first-order chi connectivity index (χ1) is 37.0. The fraction of sp³-hybridized carbons (Fsp3) is 0.340. The Morgan fingerprint density at radius 1 is 0.769 bits per heavy atom. The van der Waals surface area contributed by atoms with Gasteiger partial charge in [0.15, 0.2) is 11.9 Å². The number of anilines is 3. The Bertz CT molecular complexity index is 3260. The lowest BCUT2D eigenvalue weighted by molar-refractivity contribution is -0.123.